The Morgan fingerprint density at radius 3 is 2.26 bits per heavy atom. The number of halogens is 1. The van der Waals surface area contributed by atoms with Crippen molar-refractivity contribution >= 4 is 18.2 Å². The molecule has 1 aromatic rings. The Balaban J connectivity index is 0.00000324. The highest BCUT2D eigenvalue weighted by Crippen LogP contribution is 2.28. The number of methoxy groups -OCH3 is 2. The van der Waals surface area contributed by atoms with Gasteiger partial charge in [-0.25, -0.2) is 0 Å². The first-order valence-electron chi connectivity index (χ1n) is 5.98. The zero-order valence-electron chi connectivity index (χ0n) is 12.1. The molecule has 4 nitrogen and oxygen atoms in total. The van der Waals surface area contributed by atoms with Crippen molar-refractivity contribution in [2.45, 2.75) is 26.3 Å². The number of rotatable bonds is 6. The van der Waals surface area contributed by atoms with Crippen molar-refractivity contribution in [2.75, 3.05) is 20.8 Å². The van der Waals surface area contributed by atoms with E-state index in [1.165, 1.54) is 0 Å². The first kappa shape index (κ1) is 17.7. The summed E-state index contributed by atoms with van der Waals surface area (Å²) in [7, 11) is 3.13. The van der Waals surface area contributed by atoms with Gasteiger partial charge in [0.2, 0.25) is 0 Å². The van der Waals surface area contributed by atoms with Crippen LogP contribution in [-0.2, 0) is 0 Å². The lowest BCUT2D eigenvalue weighted by atomic mass is 9.93. The van der Waals surface area contributed by atoms with E-state index >= 15 is 0 Å². The molecule has 1 rings (SSSR count). The standard InChI is InChI=1S/C14H21NO3.ClH/c1-6-15-14(2,3)13(16)10-7-8-11(17-4)12(9-10)18-5;/h7-9,15H,6H2,1-5H3;1H. The minimum Gasteiger partial charge on any atom is -0.493 e. The van der Waals surface area contributed by atoms with Crippen molar-refractivity contribution in [3.63, 3.8) is 0 Å². The fourth-order valence-electron chi connectivity index (χ4n) is 1.86. The van der Waals surface area contributed by atoms with Gasteiger partial charge >= 0.3 is 0 Å². The number of carbonyl (C=O) groups excluding carboxylic acids is 1. The lowest BCUT2D eigenvalue weighted by Crippen LogP contribution is -2.46. The largest absolute Gasteiger partial charge is 0.493 e. The fourth-order valence-corrected chi connectivity index (χ4v) is 1.86. The molecule has 0 saturated carbocycles. The molecule has 0 aliphatic rings. The Kier molecular flexibility index (Phi) is 6.87. The summed E-state index contributed by atoms with van der Waals surface area (Å²) in [5, 5.41) is 3.16. The maximum atomic E-state index is 12.4. The summed E-state index contributed by atoms with van der Waals surface area (Å²) in [4.78, 5) is 12.4. The van der Waals surface area contributed by atoms with E-state index < -0.39 is 5.54 Å². The molecule has 0 atom stereocenters. The van der Waals surface area contributed by atoms with E-state index in [0.29, 0.717) is 17.1 Å². The van der Waals surface area contributed by atoms with Crippen LogP contribution < -0.4 is 14.8 Å². The maximum absolute atomic E-state index is 12.4. The molecule has 5 heteroatoms. The molecule has 1 N–H and O–H groups in total. The average Bonchev–Trinajstić information content (AvgIpc) is 2.36. The second kappa shape index (κ2) is 7.36. The van der Waals surface area contributed by atoms with Gasteiger partial charge in [-0.15, -0.1) is 12.4 Å². The number of carbonyl (C=O) groups is 1. The van der Waals surface area contributed by atoms with Crippen molar-refractivity contribution < 1.29 is 14.3 Å². The number of benzene rings is 1. The lowest BCUT2D eigenvalue weighted by molar-refractivity contribution is 0.0883. The molecule has 0 aliphatic heterocycles. The van der Waals surface area contributed by atoms with E-state index in [1.54, 1.807) is 32.4 Å². The van der Waals surface area contributed by atoms with Crippen LogP contribution in [0.2, 0.25) is 0 Å². The summed E-state index contributed by atoms with van der Waals surface area (Å²) in [5.74, 6) is 1.22. The molecular formula is C14H22ClNO3. The molecule has 0 aliphatic carbocycles. The molecule has 0 radical (unpaired) electrons. The SMILES string of the molecule is CCNC(C)(C)C(=O)c1ccc(OC)c(OC)c1.Cl. The normalized spacial score (nSPS) is 10.6. The first-order chi connectivity index (χ1) is 8.46. The summed E-state index contributed by atoms with van der Waals surface area (Å²) in [6.45, 7) is 6.46. The predicted octanol–water partition coefficient (Wildman–Crippen LogP) is 2.70. The second-order valence-electron chi connectivity index (χ2n) is 4.55. The molecule has 0 bridgehead atoms. The van der Waals surface area contributed by atoms with Crippen LogP contribution >= 0.6 is 12.4 Å². The third-order valence-corrected chi connectivity index (χ3v) is 2.83. The summed E-state index contributed by atoms with van der Waals surface area (Å²) in [5.41, 5.74) is 0.0209. The highest BCUT2D eigenvalue weighted by molar-refractivity contribution is 6.03. The molecule has 0 saturated heterocycles. The number of ketones is 1. The van der Waals surface area contributed by atoms with Crippen molar-refractivity contribution in [1.29, 1.82) is 0 Å². The van der Waals surface area contributed by atoms with Crippen LogP contribution in [0.5, 0.6) is 11.5 Å². The Morgan fingerprint density at radius 2 is 1.79 bits per heavy atom. The molecule has 0 aromatic heterocycles. The molecule has 0 spiro atoms. The molecule has 108 valence electrons. The van der Waals surface area contributed by atoms with Crippen molar-refractivity contribution in [1.82, 2.24) is 5.32 Å². The highest BCUT2D eigenvalue weighted by Gasteiger charge is 2.27. The third-order valence-electron chi connectivity index (χ3n) is 2.83. The first-order valence-corrected chi connectivity index (χ1v) is 5.98. The number of hydrogen-bond acceptors (Lipinski definition) is 4. The molecule has 0 fully saturated rings. The van der Waals surface area contributed by atoms with Gasteiger partial charge in [0.1, 0.15) is 0 Å². The van der Waals surface area contributed by atoms with Gasteiger partial charge in [-0.1, -0.05) is 6.92 Å². The number of Topliss-reactive ketones (excluding diaryl/α,β-unsaturated/α-hetero) is 1. The number of nitrogens with one attached hydrogen (secondary N) is 1. The molecule has 19 heavy (non-hydrogen) atoms. The maximum Gasteiger partial charge on any atom is 0.182 e. The van der Waals surface area contributed by atoms with Gasteiger partial charge in [-0.05, 0) is 38.6 Å². The lowest BCUT2D eigenvalue weighted by Gasteiger charge is -2.24. The van der Waals surface area contributed by atoms with E-state index in [-0.39, 0.29) is 18.2 Å². The molecule has 0 heterocycles. The van der Waals surface area contributed by atoms with Crippen LogP contribution in [0.4, 0.5) is 0 Å². The zero-order valence-corrected chi connectivity index (χ0v) is 12.9. The minimum absolute atomic E-state index is 0. The van der Waals surface area contributed by atoms with Gasteiger partial charge in [-0.3, -0.25) is 4.79 Å². The summed E-state index contributed by atoms with van der Waals surface area (Å²) in [6.07, 6.45) is 0. The van der Waals surface area contributed by atoms with Gasteiger partial charge in [0.25, 0.3) is 0 Å². The van der Waals surface area contributed by atoms with Gasteiger partial charge in [0.15, 0.2) is 17.3 Å². The Labute approximate surface area is 120 Å². The molecular weight excluding hydrogens is 266 g/mol. The van der Waals surface area contributed by atoms with E-state index in [4.69, 9.17) is 9.47 Å². The van der Waals surface area contributed by atoms with Crippen LogP contribution in [0.1, 0.15) is 31.1 Å². The van der Waals surface area contributed by atoms with Crippen molar-refractivity contribution in [2.24, 2.45) is 0 Å². The second-order valence-corrected chi connectivity index (χ2v) is 4.55. The Hall–Kier alpha value is -1.26. The summed E-state index contributed by atoms with van der Waals surface area (Å²) >= 11 is 0. The Bertz CT molecular complexity index is 433. The monoisotopic (exact) mass is 287 g/mol. The van der Waals surface area contributed by atoms with E-state index in [9.17, 15) is 4.79 Å². The van der Waals surface area contributed by atoms with Gasteiger partial charge in [0.05, 0.1) is 19.8 Å². The number of ether oxygens (including phenoxy) is 2. The van der Waals surface area contributed by atoms with Gasteiger partial charge in [0, 0.05) is 5.56 Å². The molecule has 0 unspecified atom stereocenters. The van der Waals surface area contributed by atoms with Crippen LogP contribution in [-0.4, -0.2) is 32.1 Å². The fraction of sp³-hybridized carbons (Fsp3) is 0.500. The zero-order chi connectivity index (χ0) is 13.8. The quantitative estimate of drug-likeness (QED) is 0.817. The number of hydrogen-bond donors (Lipinski definition) is 1. The molecule has 0 amide bonds. The molecule has 1 aromatic carbocycles. The average molecular weight is 288 g/mol. The topological polar surface area (TPSA) is 47.6 Å². The van der Waals surface area contributed by atoms with E-state index in [0.717, 1.165) is 6.54 Å². The van der Waals surface area contributed by atoms with Crippen LogP contribution in [0.3, 0.4) is 0 Å². The summed E-state index contributed by atoms with van der Waals surface area (Å²) in [6, 6.07) is 5.21. The van der Waals surface area contributed by atoms with Crippen molar-refractivity contribution in [3.8, 4) is 11.5 Å². The van der Waals surface area contributed by atoms with Crippen LogP contribution in [0.15, 0.2) is 18.2 Å². The smallest absolute Gasteiger partial charge is 0.182 e. The van der Waals surface area contributed by atoms with Crippen molar-refractivity contribution in [3.05, 3.63) is 23.8 Å². The van der Waals surface area contributed by atoms with Crippen LogP contribution in [0, 0.1) is 0 Å². The van der Waals surface area contributed by atoms with E-state index in [1.807, 2.05) is 20.8 Å². The Morgan fingerprint density at radius 1 is 1.21 bits per heavy atom. The van der Waals surface area contributed by atoms with E-state index in [2.05, 4.69) is 5.32 Å². The van der Waals surface area contributed by atoms with Crippen LogP contribution in [0.25, 0.3) is 0 Å². The summed E-state index contributed by atoms with van der Waals surface area (Å²) < 4.78 is 10.4. The minimum atomic E-state index is -0.589. The highest BCUT2D eigenvalue weighted by atomic mass is 35.5. The number of likely N-dealkylation sites (N-methyl/N-ethyl adjacent to an activating group) is 1. The predicted molar refractivity (Wildman–Crippen MR) is 78.9 cm³/mol. The third kappa shape index (κ3) is 4.11. The van der Waals surface area contributed by atoms with Gasteiger partial charge < -0.3 is 14.8 Å². The van der Waals surface area contributed by atoms with Gasteiger partial charge in [-0.2, -0.15) is 0 Å².